The van der Waals surface area contributed by atoms with Crippen LogP contribution in [0.3, 0.4) is 0 Å². The first-order valence-corrected chi connectivity index (χ1v) is 23.8. The molecule has 4 bridgehead atoms. The van der Waals surface area contributed by atoms with Gasteiger partial charge in [0.2, 0.25) is 23.6 Å². The number of amides is 4. The lowest BCUT2D eigenvalue weighted by Gasteiger charge is -2.62. The molecule has 14 rings (SSSR count). The van der Waals surface area contributed by atoms with Crippen molar-refractivity contribution in [3.05, 3.63) is 68.7 Å². The third kappa shape index (κ3) is 4.97. The molecule has 4 heterocycles. The highest BCUT2D eigenvalue weighted by Crippen LogP contribution is 2.75. The molecule has 16 atom stereocenters. The molecule has 12 aliphatic rings. The van der Waals surface area contributed by atoms with Gasteiger partial charge in [-0.05, 0) is 97.9 Å². The van der Waals surface area contributed by atoms with Gasteiger partial charge in [0.05, 0.1) is 98.3 Å². The number of nitrogens with zero attached hydrogens (tertiary/aromatic N) is 2. The number of hydrogen-bond acceptors (Lipinski definition) is 11. The predicted octanol–water partition coefficient (Wildman–Crippen LogP) is 7.72. The zero-order valence-electron chi connectivity index (χ0n) is 32.8. The Balaban J connectivity index is 0.749. The second-order valence-electron chi connectivity index (χ2n) is 18.6. The van der Waals surface area contributed by atoms with Gasteiger partial charge >= 0.3 is 23.9 Å². The lowest BCUT2D eigenvalue weighted by atomic mass is 9.47. The van der Waals surface area contributed by atoms with Crippen molar-refractivity contribution >= 4 is 152 Å². The van der Waals surface area contributed by atoms with Gasteiger partial charge < -0.3 is 14.2 Å². The highest BCUT2D eigenvalue weighted by Gasteiger charge is 2.81. The third-order valence-corrected chi connectivity index (χ3v) is 21.7. The topological polar surface area (TPSA) is 171 Å². The molecule has 0 aromatic heterocycles. The maximum Gasteiger partial charge on any atom is 0.319 e. The molecule has 0 spiro atoms. The molecule has 13 nitrogen and oxygen atoms in total. The van der Waals surface area contributed by atoms with Crippen molar-refractivity contribution in [2.24, 2.45) is 71.0 Å². The first kappa shape index (κ1) is 42.9. The zero-order valence-corrected chi connectivity index (χ0v) is 38.8. The minimum atomic E-state index is -1.66. The minimum Gasteiger partial charge on any atom is -0.457 e. The molecule has 2 aromatic rings. The van der Waals surface area contributed by atoms with E-state index in [2.05, 4.69) is 0 Å². The van der Waals surface area contributed by atoms with Crippen LogP contribution in [0.4, 0.5) is 11.4 Å². The molecule has 2 aromatic carbocycles. The Morgan fingerprint density at radius 1 is 0.415 bits per heavy atom. The highest BCUT2D eigenvalue weighted by atomic mass is 35.5. The molecule has 16 unspecified atom stereocenters. The second kappa shape index (κ2) is 13.6. The molecule has 336 valence electrons. The van der Waals surface area contributed by atoms with Crippen molar-refractivity contribution in [2.75, 3.05) is 9.80 Å². The van der Waals surface area contributed by atoms with Crippen LogP contribution in [0.5, 0.6) is 11.5 Å². The molecule has 4 saturated carbocycles. The SMILES string of the molecule is O=C1OC(=O)C2C1C1(Cl)C(Cl)=C(Cl)C2(Cl)C2CC3C(=O)N(c4ccc(Oc5ccc(N6C(=O)C7CC8C(CC7C6=O)C6(Cl)C(Cl)=C(Cl)C8(Cl)C7C(=O)OC(=O)C76)cc5)cc4)C(=O)C3CC21. The van der Waals surface area contributed by atoms with Gasteiger partial charge in [0.15, 0.2) is 0 Å². The van der Waals surface area contributed by atoms with Crippen LogP contribution in [0.15, 0.2) is 68.7 Å². The molecule has 0 radical (unpaired) electrons. The smallest absolute Gasteiger partial charge is 0.319 e. The number of carbonyl (C=O) groups excluding carboxylic acids is 8. The fourth-order valence-corrected chi connectivity index (χ4v) is 17.7. The van der Waals surface area contributed by atoms with Gasteiger partial charge in [0.25, 0.3) is 0 Å². The fraction of sp³-hybridized carbons (Fsp3) is 0.455. The van der Waals surface area contributed by atoms with E-state index >= 15 is 0 Å². The van der Waals surface area contributed by atoms with Crippen molar-refractivity contribution in [3.8, 4) is 11.5 Å². The zero-order chi connectivity index (χ0) is 45.9. The minimum absolute atomic E-state index is 0.0636. The Morgan fingerprint density at radius 3 is 0.877 bits per heavy atom. The number of anilines is 2. The molecular weight excluding hydrogens is 1020 g/mol. The Bertz CT molecular complexity index is 2460. The molecule has 8 aliphatic carbocycles. The van der Waals surface area contributed by atoms with E-state index < -0.39 is 138 Å². The second-order valence-corrected chi connectivity index (χ2v) is 22.6. The van der Waals surface area contributed by atoms with Gasteiger partial charge in [-0.1, -0.05) is 46.4 Å². The summed E-state index contributed by atoms with van der Waals surface area (Å²) in [6.07, 6.45) is 0.270. The van der Waals surface area contributed by atoms with E-state index in [1.54, 1.807) is 48.5 Å². The average Bonchev–Trinajstić information content (AvgIpc) is 3.94. The van der Waals surface area contributed by atoms with Crippen LogP contribution in [0, 0.1) is 71.0 Å². The number of halogens is 8. The number of cyclic esters (lactones) is 4. The summed E-state index contributed by atoms with van der Waals surface area (Å²) in [5.41, 5.74) is 0.564. The van der Waals surface area contributed by atoms with Gasteiger partial charge in [-0.15, -0.1) is 46.4 Å². The molecule has 0 N–H and O–H groups in total. The molecule has 4 saturated heterocycles. The van der Waals surface area contributed by atoms with Crippen LogP contribution in [0.1, 0.15) is 25.7 Å². The maximum atomic E-state index is 14.0. The van der Waals surface area contributed by atoms with Gasteiger partial charge in [0.1, 0.15) is 11.5 Å². The summed E-state index contributed by atoms with van der Waals surface area (Å²) in [6.45, 7) is 0. The van der Waals surface area contributed by atoms with Crippen LogP contribution >= 0.6 is 92.8 Å². The number of esters is 4. The van der Waals surface area contributed by atoms with E-state index in [9.17, 15) is 38.4 Å². The quantitative estimate of drug-likeness (QED) is 0.127. The van der Waals surface area contributed by atoms with E-state index in [1.165, 1.54) is 0 Å². The summed E-state index contributed by atoms with van der Waals surface area (Å²) in [4.78, 5) is 104. The number of carbonyl (C=O) groups is 8. The Kier molecular flexibility index (Phi) is 9.01. The molecule has 4 amide bonds. The summed E-state index contributed by atoms with van der Waals surface area (Å²) >= 11 is 55.7. The van der Waals surface area contributed by atoms with Gasteiger partial charge in [0, 0.05) is 0 Å². The maximum absolute atomic E-state index is 14.0. The molecule has 65 heavy (non-hydrogen) atoms. The summed E-state index contributed by atoms with van der Waals surface area (Å²) in [5.74, 6) is -15.4. The van der Waals surface area contributed by atoms with Gasteiger partial charge in [-0.2, -0.15) is 0 Å². The van der Waals surface area contributed by atoms with Crippen LogP contribution in [-0.2, 0) is 47.8 Å². The number of fused-ring (bicyclic) bond motifs is 2. The number of hydrogen-bond donors (Lipinski definition) is 0. The average molecular weight is 1040 g/mol. The summed E-state index contributed by atoms with van der Waals surface area (Å²) < 4.78 is 16.0. The van der Waals surface area contributed by atoms with Crippen LogP contribution in [0.2, 0.25) is 0 Å². The normalized spacial score (nSPS) is 44.3. The standard InChI is InChI=1S/C44H28Cl8N2O11/c45-29-30(46)42(50)22-10-18-17(9-21(22)41(29,49)25-26(42)38(60)64-37(25)59)33(55)53(34(18)56)13-1-5-15(6-2-13)63-16-7-3-14(4-8-16)54-35(57)19-11-23-24(12-20(19)36(54)58)44(52)28-27(39(61)65-40(28)62)43(23,51)31(47)32(44)48/h1-8,17-28H,9-12H2. The van der Waals surface area contributed by atoms with Crippen LogP contribution in [-0.4, -0.2) is 67.0 Å². The van der Waals surface area contributed by atoms with E-state index in [0.717, 1.165) is 9.80 Å². The fourth-order valence-electron chi connectivity index (χ4n) is 13.7. The first-order chi connectivity index (χ1) is 30.7. The van der Waals surface area contributed by atoms with Crippen molar-refractivity contribution in [1.82, 2.24) is 0 Å². The first-order valence-electron chi connectivity index (χ1n) is 20.7. The molecule has 21 heteroatoms. The number of alkyl halides is 4. The predicted molar refractivity (Wildman–Crippen MR) is 232 cm³/mol. The van der Waals surface area contributed by atoms with Crippen molar-refractivity contribution < 1.29 is 52.6 Å². The largest absolute Gasteiger partial charge is 0.457 e. The van der Waals surface area contributed by atoms with E-state index in [4.69, 9.17) is 107 Å². The highest BCUT2D eigenvalue weighted by molar-refractivity contribution is 6.52. The van der Waals surface area contributed by atoms with E-state index in [1.807, 2.05) is 0 Å². The van der Waals surface area contributed by atoms with Crippen LogP contribution in [0.25, 0.3) is 0 Å². The Labute approximate surface area is 407 Å². The number of rotatable bonds is 4. The number of ether oxygens (including phenoxy) is 3. The number of benzene rings is 2. The molecule has 8 fully saturated rings. The summed E-state index contributed by atoms with van der Waals surface area (Å²) in [7, 11) is 0. The van der Waals surface area contributed by atoms with Crippen molar-refractivity contribution in [2.45, 2.75) is 45.2 Å². The van der Waals surface area contributed by atoms with Crippen molar-refractivity contribution in [1.29, 1.82) is 0 Å². The lowest BCUT2D eigenvalue weighted by Crippen LogP contribution is -2.69. The number of imide groups is 2. The molecular formula is C44H28Cl8N2O11. The third-order valence-electron chi connectivity index (χ3n) is 16.3. The van der Waals surface area contributed by atoms with Gasteiger partial charge in [-0.25, -0.2) is 0 Å². The van der Waals surface area contributed by atoms with Gasteiger partial charge in [-0.3, -0.25) is 48.2 Å². The Morgan fingerprint density at radius 2 is 0.646 bits per heavy atom. The number of allylic oxidation sites excluding steroid dienone is 4. The summed E-state index contributed by atoms with van der Waals surface area (Å²) in [6, 6.07) is 12.5. The summed E-state index contributed by atoms with van der Waals surface area (Å²) in [5, 5.41) is -0.254. The Hall–Kier alpha value is -3.40. The lowest BCUT2D eigenvalue weighted by molar-refractivity contribution is -0.155. The van der Waals surface area contributed by atoms with Crippen molar-refractivity contribution in [3.63, 3.8) is 0 Å². The van der Waals surface area contributed by atoms with E-state index in [0.29, 0.717) is 11.5 Å². The van der Waals surface area contributed by atoms with E-state index in [-0.39, 0.29) is 57.2 Å². The van der Waals surface area contributed by atoms with Crippen LogP contribution < -0.4 is 14.5 Å². The monoisotopic (exact) mass is 1040 g/mol. The molecule has 4 aliphatic heterocycles.